The number of piperazine rings is 1. The number of pyridine rings is 1. The minimum atomic E-state index is -0.950. The number of likely N-dealkylation sites (tertiary alicyclic amines) is 2. The number of fused-ring (bicyclic) bond motifs is 2. The van der Waals surface area contributed by atoms with E-state index < -0.39 is 36.0 Å². The number of phenols is 1. The number of ether oxygens (including phenoxy) is 3. The van der Waals surface area contributed by atoms with Crippen molar-refractivity contribution >= 4 is 46.3 Å². The van der Waals surface area contributed by atoms with E-state index in [1.165, 1.54) is 4.90 Å². The van der Waals surface area contributed by atoms with Gasteiger partial charge in [0.25, 0.3) is 5.88 Å². The smallest absolute Gasteiger partial charge is 0.303 e. The predicted molar refractivity (Wildman–Crippen MR) is 308 cm³/mol. The van der Waals surface area contributed by atoms with E-state index in [2.05, 4.69) is 57.5 Å². The van der Waals surface area contributed by atoms with E-state index in [1.54, 1.807) is 35.0 Å². The minimum Gasteiger partial charge on any atom is -0.507 e. The molecule has 6 N–H and O–H groups in total. The Morgan fingerprint density at radius 1 is 0.890 bits per heavy atom. The molecule has 22 heteroatoms. The van der Waals surface area contributed by atoms with E-state index in [9.17, 15) is 29.7 Å². The largest absolute Gasteiger partial charge is 0.507 e. The van der Waals surface area contributed by atoms with E-state index in [-0.39, 0.29) is 73.2 Å². The van der Waals surface area contributed by atoms with Gasteiger partial charge in [-0.1, -0.05) is 50.2 Å². The van der Waals surface area contributed by atoms with Crippen LogP contribution in [0.25, 0.3) is 21.7 Å². The number of nitrogen functional groups attached to an aromatic ring is 1. The molecule has 2 aromatic carbocycles. The number of phenolic OH excluding ortho intramolecular Hbond substituents is 1. The number of β-amino-alcohol motifs (C(OH)–C–C–N with tert-alkyl or cyclic N) is 1. The van der Waals surface area contributed by atoms with Crippen LogP contribution in [0.4, 0.5) is 17.2 Å². The molecule has 6 aromatic rings. The molecule has 434 valence electrons. The molecule has 0 radical (unpaired) electrons. The van der Waals surface area contributed by atoms with Crippen molar-refractivity contribution in [3.8, 4) is 39.2 Å². The molecule has 4 aliphatic heterocycles. The number of amides is 2. The number of carbonyl (C=O) groups is 3. The lowest BCUT2D eigenvalue weighted by atomic mass is 9.91. The normalized spacial score (nSPS) is 22.7. The van der Waals surface area contributed by atoms with Gasteiger partial charge in [0.2, 0.25) is 17.7 Å². The fourth-order valence-corrected chi connectivity index (χ4v) is 13.3. The molecule has 5 aliphatic rings. The highest BCUT2D eigenvalue weighted by molar-refractivity contribution is 7.13. The summed E-state index contributed by atoms with van der Waals surface area (Å²) in [5.74, 6) is -0.996. The van der Waals surface area contributed by atoms with E-state index in [0.29, 0.717) is 54.7 Å². The first-order valence-electron chi connectivity index (χ1n) is 28.8. The van der Waals surface area contributed by atoms with Gasteiger partial charge >= 0.3 is 5.97 Å². The summed E-state index contributed by atoms with van der Waals surface area (Å²) in [5.41, 5.74) is 14.1. The number of nitrogens with one attached hydrogen (secondary N) is 1. The van der Waals surface area contributed by atoms with Crippen molar-refractivity contribution in [3.05, 3.63) is 102 Å². The van der Waals surface area contributed by atoms with Crippen LogP contribution in [0.2, 0.25) is 0 Å². The maximum atomic E-state index is 14.4. The molecule has 1 aliphatic carbocycles. The van der Waals surface area contributed by atoms with Crippen molar-refractivity contribution in [1.29, 1.82) is 0 Å². The molecule has 2 amide bonds. The first-order valence-corrected chi connectivity index (χ1v) is 29.6. The number of aliphatic hydroxyl groups is 1. The van der Waals surface area contributed by atoms with Crippen LogP contribution in [0.1, 0.15) is 107 Å². The molecule has 1 saturated carbocycles. The Morgan fingerprint density at radius 3 is 2.38 bits per heavy atom. The average Bonchev–Trinajstić information content (AvgIpc) is 4.41. The number of hydrogen-bond donors (Lipinski definition) is 5. The molecule has 11 rings (SSSR count). The third kappa shape index (κ3) is 12.8. The summed E-state index contributed by atoms with van der Waals surface area (Å²) in [5, 5.41) is 46.5. The number of carbonyl (C=O) groups excluding carboxylic acids is 2. The molecule has 5 fully saturated rings. The quantitative estimate of drug-likeness (QED) is 0.0443. The molecule has 21 nitrogen and oxygen atoms in total. The van der Waals surface area contributed by atoms with Crippen molar-refractivity contribution in [3.63, 3.8) is 0 Å². The van der Waals surface area contributed by atoms with E-state index in [1.807, 2.05) is 69.4 Å². The Bertz CT molecular complexity index is 3170. The fraction of sp³-hybridized carbons (Fsp3) is 0.500. The number of aromatic nitrogens is 5. The van der Waals surface area contributed by atoms with Crippen LogP contribution in [0, 0.1) is 12.8 Å². The Balaban J connectivity index is 0.613. The average molecular weight is 1140 g/mol. The van der Waals surface area contributed by atoms with Gasteiger partial charge in [0, 0.05) is 107 Å². The summed E-state index contributed by atoms with van der Waals surface area (Å²) >= 11 is 1.54. The maximum Gasteiger partial charge on any atom is 0.303 e. The number of para-hydroxylation sites is 1. The molecular formula is C60H73N11O10S. The number of benzene rings is 2. The highest BCUT2D eigenvalue weighted by Gasteiger charge is 2.45. The summed E-state index contributed by atoms with van der Waals surface area (Å²) in [6.45, 7) is 10.1. The third-order valence-corrected chi connectivity index (χ3v) is 17.8. The Morgan fingerprint density at radius 2 is 1.66 bits per heavy atom. The van der Waals surface area contributed by atoms with Gasteiger partial charge in [0.05, 0.1) is 51.8 Å². The maximum absolute atomic E-state index is 14.4. The van der Waals surface area contributed by atoms with Crippen molar-refractivity contribution in [2.75, 3.05) is 61.4 Å². The molecule has 0 spiro atoms. The molecule has 8 heterocycles. The van der Waals surface area contributed by atoms with Gasteiger partial charge in [-0.2, -0.15) is 0 Å². The lowest BCUT2D eigenvalue weighted by Crippen LogP contribution is -2.54. The van der Waals surface area contributed by atoms with Crippen molar-refractivity contribution in [2.24, 2.45) is 5.92 Å². The van der Waals surface area contributed by atoms with Gasteiger partial charge in [-0.15, -0.1) is 21.5 Å². The summed E-state index contributed by atoms with van der Waals surface area (Å²) < 4.78 is 24.8. The Hall–Kier alpha value is -7.40. The van der Waals surface area contributed by atoms with Crippen LogP contribution in [0.15, 0.2) is 89.0 Å². The number of nitrogens with two attached hydrogens (primary N) is 1. The van der Waals surface area contributed by atoms with Crippen LogP contribution >= 0.6 is 11.3 Å². The number of hydrogen-bond acceptors (Lipinski definition) is 19. The van der Waals surface area contributed by atoms with E-state index >= 15 is 0 Å². The molecule has 2 bridgehead atoms. The van der Waals surface area contributed by atoms with Crippen LogP contribution in [-0.2, 0) is 19.1 Å². The minimum absolute atomic E-state index is 0.0213. The zero-order valence-electron chi connectivity index (χ0n) is 46.6. The molecule has 3 unspecified atom stereocenters. The molecule has 82 heavy (non-hydrogen) atoms. The van der Waals surface area contributed by atoms with Gasteiger partial charge < -0.3 is 59.8 Å². The lowest BCUT2D eigenvalue weighted by Gasteiger charge is -2.43. The van der Waals surface area contributed by atoms with Crippen molar-refractivity contribution in [1.82, 2.24) is 40.4 Å². The second kappa shape index (κ2) is 25.0. The van der Waals surface area contributed by atoms with Gasteiger partial charge in [-0.05, 0) is 91.9 Å². The second-order valence-corrected chi connectivity index (χ2v) is 23.7. The highest BCUT2D eigenvalue weighted by atomic mass is 32.1. The number of aromatic hydroxyl groups is 1. The molecular weight excluding hydrogens is 1070 g/mol. The predicted octanol–water partition coefficient (Wildman–Crippen LogP) is 7.39. The first kappa shape index (κ1) is 56.5. The second-order valence-electron chi connectivity index (χ2n) is 22.8. The van der Waals surface area contributed by atoms with Crippen LogP contribution < -0.4 is 30.3 Å². The van der Waals surface area contributed by atoms with Crippen molar-refractivity contribution in [2.45, 2.75) is 139 Å². The lowest BCUT2D eigenvalue weighted by molar-refractivity contribution is -0.141. The SMILES string of the molecule is Cc1ncsc1-c1ccc([C@H](CCCC(=O)O)NC(=O)[C@@H]2C[C@@H](O)CN2C(=O)C(c2cc(OCCN3CCC(O[C@H]4C[C@H](Oc5cc(N6C7CCC6CN(c6cc(-c8ccccc8O)nnc6N)C7)ccn5)C4)CC3)no2)C(C)C)cc1. The van der Waals surface area contributed by atoms with Gasteiger partial charge in [0.15, 0.2) is 11.6 Å². The van der Waals surface area contributed by atoms with E-state index in [0.717, 1.165) is 97.8 Å². The molecule has 4 aromatic heterocycles. The third-order valence-electron chi connectivity index (χ3n) is 16.9. The van der Waals surface area contributed by atoms with Crippen LogP contribution in [0.3, 0.4) is 0 Å². The molecule has 4 saturated heterocycles. The standard InChI is InChI=1S/C60H73N11O10S/c1-35(2)56(60(77)70-33-42(72)26-50(70)59(76)64-47(8-6-10-55(74)75)37-11-13-38(14-12-37)57-36(3)63-34-82-57)52-30-54(67-81-52)78-24-23-68-21-18-43(19-22-68)79-44-27-45(28-44)80-53-25-39(17-20-62-53)71-40-15-16-41(71)32-69(31-40)49-29-48(65-66-58(49)61)46-7-4-5-9-51(46)73/h4-5,7,9,11-14,17,20,25,29-30,34-35,40-45,47,50,56,72-73H,6,8,10,15-16,18-19,21-24,26-28,31-33H2,1-3H3,(H2,61,66)(H,64,76)(H,74,75)/t40?,41?,42-,44-,45-,47+,50+,56?/m1/s1. The highest BCUT2D eigenvalue weighted by Crippen LogP contribution is 2.41. The topological polar surface area (TPSA) is 268 Å². The zero-order valence-corrected chi connectivity index (χ0v) is 47.4. The summed E-state index contributed by atoms with van der Waals surface area (Å²) in [6.07, 6.45) is 7.55. The van der Waals surface area contributed by atoms with E-state index in [4.69, 9.17) is 24.5 Å². The van der Waals surface area contributed by atoms with Gasteiger partial charge in [-0.3, -0.25) is 19.3 Å². The number of piperidine rings is 1. The Kier molecular flexibility index (Phi) is 17.2. The van der Waals surface area contributed by atoms with Crippen molar-refractivity contribution < 1.29 is 48.4 Å². The number of rotatable bonds is 22. The number of carboxylic acid groups (broad SMARTS) is 1. The monoisotopic (exact) mass is 1140 g/mol. The summed E-state index contributed by atoms with van der Waals surface area (Å²) in [6, 6.07) is 21.7. The molecule has 6 atom stereocenters. The Labute approximate surface area is 480 Å². The first-order chi connectivity index (χ1) is 39.7. The van der Waals surface area contributed by atoms with Crippen LogP contribution in [-0.4, -0.2) is 157 Å². The number of thiazole rings is 1. The van der Waals surface area contributed by atoms with Gasteiger partial charge in [-0.25, -0.2) is 9.97 Å². The number of aryl methyl sites for hydroxylation is 1. The number of aliphatic hydroxyl groups excluding tert-OH is 1. The number of nitrogens with zero attached hydrogens (tertiary/aromatic N) is 9. The van der Waals surface area contributed by atoms with Gasteiger partial charge in [0.1, 0.15) is 30.4 Å². The summed E-state index contributed by atoms with van der Waals surface area (Å²) in [7, 11) is 0. The fourth-order valence-electron chi connectivity index (χ4n) is 12.5. The number of aliphatic carboxylic acids is 1. The number of anilines is 3. The summed E-state index contributed by atoms with van der Waals surface area (Å²) in [4.78, 5) is 58.6. The number of carboxylic acids is 1. The zero-order chi connectivity index (χ0) is 57.0. The van der Waals surface area contributed by atoms with Crippen LogP contribution in [0.5, 0.6) is 17.5 Å².